The molecule has 0 amide bonds. The van der Waals surface area contributed by atoms with Crippen LogP contribution in [0.15, 0.2) is 48.9 Å². The van der Waals surface area contributed by atoms with Crippen LogP contribution in [0.4, 0.5) is 0 Å². The van der Waals surface area contributed by atoms with Gasteiger partial charge < -0.3 is 0 Å². The fourth-order valence-corrected chi connectivity index (χ4v) is 6.45. The summed E-state index contributed by atoms with van der Waals surface area (Å²) in [6.45, 7) is 14.1. The van der Waals surface area contributed by atoms with Gasteiger partial charge in [-0.3, -0.25) is 0 Å². The van der Waals surface area contributed by atoms with E-state index >= 15 is 0 Å². The van der Waals surface area contributed by atoms with E-state index in [2.05, 4.69) is 75.8 Å². The Morgan fingerprint density at radius 2 is 1.85 bits per heavy atom. The molecule has 6 nitrogen and oxygen atoms in total. The van der Waals surface area contributed by atoms with Crippen LogP contribution < -0.4 is 26.6 Å². The molecule has 0 aliphatic heterocycles. The molecule has 1 aromatic carbocycles. The molecule has 0 saturated carbocycles. The molecule has 0 atom stereocenters. The molecule has 0 aliphatic rings. The predicted octanol–water partition coefficient (Wildman–Crippen LogP) is 3.33. The summed E-state index contributed by atoms with van der Waals surface area (Å²) in [6, 6.07) is 11.4. The average Bonchev–Trinajstić information content (AvgIpc) is 3.16. The molecular formula is C25H30IN4O2Si-. The standard InChI is InChI=1S/C25H30IN4O2Si/c1-17-15-20(7-8-21(17)24-18(2)16-28-29-19(24)3)32-25-22-10-12-30(23(22)9-11-27-25)26-31-13-14-33(4,5)6/h7-12,15-16H,13-14H2,1-6H3/q-1. The Bertz CT molecular complexity index is 1260. The number of aryl methyl sites for hydroxylation is 3. The van der Waals surface area contributed by atoms with Crippen molar-refractivity contribution in [3.05, 3.63) is 65.7 Å². The van der Waals surface area contributed by atoms with Gasteiger partial charge in [-0.05, 0) is 0 Å². The fourth-order valence-electron chi connectivity index (χ4n) is 3.68. The van der Waals surface area contributed by atoms with Crippen LogP contribution in [0.1, 0.15) is 16.8 Å². The topological polar surface area (TPSA) is 62.1 Å². The third kappa shape index (κ3) is 5.61. The van der Waals surface area contributed by atoms with Crippen LogP contribution in [0.2, 0.25) is 25.7 Å². The molecule has 0 unspecified atom stereocenters. The minimum absolute atomic E-state index is 0.564. The Morgan fingerprint density at radius 1 is 1.03 bits per heavy atom. The SMILES string of the molecule is Cc1cc(Oc2nccc3c2ccn3[I-]OCC[Si](C)(C)C)ccc1-c1c(C)cnnc1C. The van der Waals surface area contributed by atoms with Gasteiger partial charge in [-0.1, -0.05) is 0 Å². The van der Waals surface area contributed by atoms with Crippen LogP contribution in [0.5, 0.6) is 11.6 Å². The molecule has 3 aromatic heterocycles. The molecule has 4 rings (SSSR count). The van der Waals surface area contributed by atoms with Crippen molar-refractivity contribution in [1.82, 2.24) is 18.0 Å². The molecule has 0 bridgehead atoms. The Hall–Kier alpha value is -2.30. The zero-order valence-electron chi connectivity index (χ0n) is 20.0. The third-order valence-electron chi connectivity index (χ3n) is 5.48. The molecule has 33 heavy (non-hydrogen) atoms. The Labute approximate surface area is 207 Å². The van der Waals surface area contributed by atoms with Crippen LogP contribution in [0.3, 0.4) is 0 Å². The van der Waals surface area contributed by atoms with Gasteiger partial charge in [0, 0.05) is 0 Å². The van der Waals surface area contributed by atoms with E-state index in [0.717, 1.165) is 51.2 Å². The van der Waals surface area contributed by atoms with E-state index in [9.17, 15) is 0 Å². The van der Waals surface area contributed by atoms with Crippen LogP contribution in [-0.4, -0.2) is 32.6 Å². The third-order valence-corrected chi connectivity index (χ3v) is 9.17. The molecule has 0 aliphatic carbocycles. The maximum atomic E-state index is 6.23. The summed E-state index contributed by atoms with van der Waals surface area (Å²) in [4.78, 5) is 4.51. The zero-order chi connectivity index (χ0) is 23.6. The molecule has 174 valence electrons. The summed E-state index contributed by atoms with van der Waals surface area (Å²) >= 11 is -0.564. The fraction of sp³-hybridized carbons (Fsp3) is 0.320. The number of rotatable bonds is 8. The Morgan fingerprint density at radius 3 is 2.58 bits per heavy atom. The van der Waals surface area contributed by atoms with E-state index in [0.29, 0.717) is 5.88 Å². The Kier molecular flexibility index (Phi) is 7.15. The van der Waals surface area contributed by atoms with Crippen LogP contribution in [-0.2, 0) is 3.07 Å². The molecule has 0 saturated heterocycles. The van der Waals surface area contributed by atoms with Crippen LogP contribution in [0.25, 0.3) is 22.0 Å². The van der Waals surface area contributed by atoms with Crippen LogP contribution in [0, 0.1) is 20.8 Å². The van der Waals surface area contributed by atoms with Crippen LogP contribution >= 0.6 is 0 Å². The summed E-state index contributed by atoms with van der Waals surface area (Å²) < 4.78 is 14.5. The van der Waals surface area contributed by atoms with E-state index in [1.54, 1.807) is 12.4 Å². The number of nitrogens with zero attached hydrogens (tertiary/aromatic N) is 4. The van der Waals surface area contributed by atoms with Crippen molar-refractivity contribution in [1.29, 1.82) is 0 Å². The second kappa shape index (κ2) is 9.90. The van der Waals surface area contributed by atoms with Gasteiger partial charge in [0.15, 0.2) is 0 Å². The number of hydrogen-bond donors (Lipinski definition) is 0. The monoisotopic (exact) mass is 573 g/mol. The number of hydrogen-bond acceptors (Lipinski definition) is 5. The molecular weight excluding hydrogens is 543 g/mol. The number of halogens is 1. The molecule has 0 N–H and O–H groups in total. The number of fused-ring (bicyclic) bond motifs is 1. The van der Waals surface area contributed by atoms with Crippen molar-refractivity contribution < 1.29 is 29.7 Å². The van der Waals surface area contributed by atoms with E-state index in [1.165, 1.54) is 6.04 Å². The van der Waals surface area contributed by atoms with Gasteiger partial charge in [-0.2, -0.15) is 5.10 Å². The zero-order valence-corrected chi connectivity index (χ0v) is 23.2. The number of aromatic nitrogens is 4. The number of pyridine rings is 1. The van der Waals surface area contributed by atoms with E-state index in [1.807, 2.05) is 19.1 Å². The minimum atomic E-state index is -1.08. The quantitative estimate of drug-likeness (QED) is 0.184. The van der Waals surface area contributed by atoms with Gasteiger partial charge >= 0.3 is 203 Å². The van der Waals surface area contributed by atoms with E-state index in [4.69, 9.17) is 7.80 Å². The molecule has 0 fully saturated rings. The van der Waals surface area contributed by atoms with Gasteiger partial charge in [0.05, 0.1) is 0 Å². The van der Waals surface area contributed by atoms with E-state index in [-0.39, 0.29) is 0 Å². The summed E-state index contributed by atoms with van der Waals surface area (Å²) in [6.07, 6.45) is 5.69. The summed E-state index contributed by atoms with van der Waals surface area (Å²) in [5, 5.41) is 9.27. The van der Waals surface area contributed by atoms with Gasteiger partial charge in [0.25, 0.3) is 0 Å². The van der Waals surface area contributed by atoms with Gasteiger partial charge in [0.2, 0.25) is 0 Å². The maximum absolute atomic E-state index is 6.23. The first-order chi connectivity index (χ1) is 15.7. The van der Waals surface area contributed by atoms with Crippen molar-refractivity contribution in [2.75, 3.05) is 6.61 Å². The number of ether oxygens (including phenoxy) is 1. The van der Waals surface area contributed by atoms with Gasteiger partial charge in [-0.15, -0.1) is 0 Å². The molecule has 0 spiro atoms. The Balaban J connectivity index is 1.53. The number of benzene rings is 1. The first-order valence-electron chi connectivity index (χ1n) is 11.0. The average molecular weight is 574 g/mol. The van der Waals surface area contributed by atoms with Crippen molar-refractivity contribution in [2.45, 2.75) is 46.5 Å². The first kappa shape index (κ1) is 23.8. The normalized spacial score (nSPS) is 11.9. The first-order valence-corrected chi connectivity index (χ1v) is 16.6. The van der Waals surface area contributed by atoms with Crippen molar-refractivity contribution >= 4 is 19.0 Å². The second-order valence-electron chi connectivity index (χ2n) is 9.44. The molecule has 3 heterocycles. The summed E-state index contributed by atoms with van der Waals surface area (Å²) in [5.74, 6) is 1.38. The van der Waals surface area contributed by atoms with Crippen molar-refractivity contribution in [3.8, 4) is 22.8 Å². The summed E-state index contributed by atoms with van der Waals surface area (Å²) in [7, 11) is -1.08. The van der Waals surface area contributed by atoms with Gasteiger partial charge in [-0.25, -0.2) is 0 Å². The molecule has 0 radical (unpaired) electrons. The van der Waals surface area contributed by atoms with Crippen molar-refractivity contribution in [3.63, 3.8) is 0 Å². The van der Waals surface area contributed by atoms with Gasteiger partial charge in [0.1, 0.15) is 0 Å². The van der Waals surface area contributed by atoms with E-state index < -0.39 is 30.0 Å². The summed E-state index contributed by atoms with van der Waals surface area (Å²) in [5.41, 5.74) is 6.54. The molecule has 4 aromatic rings. The second-order valence-corrected chi connectivity index (χ2v) is 17.1. The molecule has 8 heteroatoms. The predicted molar refractivity (Wildman–Crippen MR) is 131 cm³/mol. The van der Waals surface area contributed by atoms with Crippen molar-refractivity contribution in [2.24, 2.45) is 0 Å².